The number of aromatic amines is 1. The van der Waals surface area contributed by atoms with E-state index in [2.05, 4.69) is 9.97 Å². The Morgan fingerprint density at radius 1 is 1.29 bits per heavy atom. The number of nitrogens with zero attached hydrogens (tertiary/aromatic N) is 3. The molecule has 3 rings (SSSR count). The average Bonchev–Trinajstić information content (AvgIpc) is 3.25. The molecule has 2 heterocycles. The molecule has 0 aliphatic heterocycles. The van der Waals surface area contributed by atoms with Crippen molar-refractivity contribution in [3.8, 4) is 5.75 Å². The van der Waals surface area contributed by atoms with Crippen molar-refractivity contribution < 1.29 is 9.53 Å². The third-order valence-electron chi connectivity index (χ3n) is 5.26. The molecule has 35 heavy (non-hydrogen) atoms. The van der Waals surface area contributed by atoms with E-state index in [1.165, 1.54) is 15.5 Å². The maximum absolute atomic E-state index is 13.1. The number of nitrogen functional groups attached to an aromatic ring is 1. The lowest BCUT2D eigenvalue weighted by atomic mass is 10.2. The van der Waals surface area contributed by atoms with Gasteiger partial charge in [-0.15, -0.1) is 11.3 Å². The zero-order chi connectivity index (χ0) is 25.4. The Kier molecular flexibility index (Phi) is 9.02. The Labute approximate surface area is 207 Å². The average molecular weight is 498 g/mol. The van der Waals surface area contributed by atoms with Gasteiger partial charge in [-0.2, -0.15) is 0 Å². The van der Waals surface area contributed by atoms with E-state index >= 15 is 0 Å². The summed E-state index contributed by atoms with van der Waals surface area (Å²) in [5.74, 6) is 0.239. The van der Waals surface area contributed by atoms with Gasteiger partial charge in [-0.3, -0.25) is 19.1 Å². The Hall–Kier alpha value is -3.66. The number of carbonyl (C=O) groups is 1. The van der Waals surface area contributed by atoms with E-state index in [-0.39, 0.29) is 18.1 Å². The molecule has 3 aromatic rings. The lowest BCUT2D eigenvalue weighted by Crippen LogP contribution is -2.41. The second kappa shape index (κ2) is 12.2. The van der Waals surface area contributed by atoms with Crippen LogP contribution in [0.4, 0.5) is 11.5 Å². The molecule has 0 saturated carbocycles. The van der Waals surface area contributed by atoms with E-state index in [1.807, 2.05) is 50.4 Å². The van der Waals surface area contributed by atoms with Crippen molar-refractivity contribution in [3.05, 3.63) is 72.8 Å². The lowest BCUT2D eigenvalue weighted by molar-refractivity contribution is -0.114. The van der Waals surface area contributed by atoms with E-state index in [1.54, 1.807) is 17.4 Å². The summed E-state index contributed by atoms with van der Waals surface area (Å²) in [7, 11) is 0. The number of hydrogen-bond donors (Lipinski definition) is 2. The van der Waals surface area contributed by atoms with Crippen LogP contribution in [0.5, 0.6) is 5.75 Å². The maximum Gasteiger partial charge on any atom is 0.330 e. The number of benzene rings is 1. The van der Waals surface area contributed by atoms with Crippen molar-refractivity contribution in [1.82, 2.24) is 14.5 Å². The van der Waals surface area contributed by atoms with E-state index in [9.17, 15) is 14.4 Å². The molecule has 0 radical (unpaired) electrons. The van der Waals surface area contributed by atoms with Gasteiger partial charge in [0.25, 0.3) is 11.5 Å². The number of H-pyrrole nitrogens is 1. The Bertz CT molecular complexity index is 1310. The molecule has 0 aliphatic carbocycles. The van der Waals surface area contributed by atoms with Crippen LogP contribution in [0.3, 0.4) is 0 Å². The fourth-order valence-corrected chi connectivity index (χ4v) is 4.13. The van der Waals surface area contributed by atoms with Gasteiger partial charge in [0.05, 0.1) is 10.7 Å². The van der Waals surface area contributed by atoms with Crippen molar-refractivity contribution in [2.24, 2.45) is 0 Å². The summed E-state index contributed by atoms with van der Waals surface area (Å²) in [6.45, 7) is 6.83. The van der Waals surface area contributed by atoms with Crippen molar-refractivity contribution in [1.29, 1.82) is 0 Å². The molecule has 2 aromatic heterocycles. The summed E-state index contributed by atoms with van der Waals surface area (Å²) in [5.41, 5.74) is 6.57. The smallest absolute Gasteiger partial charge is 0.330 e. The minimum absolute atomic E-state index is 0.00456. The zero-order valence-corrected chi connectivity index (χ0v) is 21.1. The summed E-state index contributed by atoms with van der Waals surface area (Å²) in [4.78, 5) is 46.0. The van der Waals surface area contributed by atoms with Gasteiger partial charge in [-0.25, -0.2) is 9.78 Å². The number of anilines is 2. The first-order valence-electron chi connectivity index (χ1n) is 11.6. The summed E-state index contributed by atoms with van der Waals surface area (Å²) < 4.78 is 7.13. The molecule has 0 aliphatic rings. The Morgan fingerprint density at radius 3 is 2.77 bits per heavy atom. The molecular weight excluding hydrogens is 466 g/mol. The van der Waals surface area contributed by atoms with Crippen LogP contribution >= 0.6 is 11.3 Å². The lowest BCUT2D eigenvalue weighted by Gasteiger charge is -2.23. The number of aromatic nitrogens is 3. The number of aryl methyl sites for hydroxylation is 1. The summed E-state index contributed by atoms with van der Waals surface area (Å²) in [6, 6.07) is 7.34. The molecule has 0 unspecified atom stereocenters. The Balaban J connectivity index is 1.81. The summed E-state index contributed by atoms with van der Waals surface area (Å²) >= 11 is 1.57. The van der Waals surface area contributed by atoms with Crippen molar-refractivity contribution in [3.63, 3.8) is 0 Å². The Morgan fingerprint density at radius 2 is 2.09 bits per heavy atom. The first-order chi connectivity index (χ1) is 16.8. The van der Waals surface area contributed by atoms with Crippen LogP contribution in [0.15, 0.2) is 45.3 Å². The number of ether oxygens (including phenoxy) is 1. The number of thiazole rings is 1. The maximum atomic E-state index is 13.1. The minimum atomic E-state index is -0.678. The van der Waals surface area contributed by atoms with Crippen LogP contribution in [0, 0.1) is 6.92 Å². The van der Waals surface area contributed by atoms with Crippen molar-refractivity contribution >= 4 is 34.8 Å². The van der Waals surface area contributed by atoms with Crippen LogP contribution in [0.2, 0.25) is 0 Å². The number of amides is 1. The third kappa shape index (κ3) is 6.69. The van der Waals surface area contributed by atoms with Crippen LogP contribution in [0.1, 0.15) is 49.4 Å². The van der Waals surface area contributed by atoms with Crippen LogP contribution in [-0.4, -0.2) is 27.0 Å². The molecule has 0 atom stereocenters. The van der Waals surface area contributed by atoms with Gasteiger partial charge in [0.15, 0.2) is 5.69 Å². The van der Waals surface area contributed by atoms with Gasteiger partial charge in [0.1, 0.15) is 18.2 Å². The van der Waals surface area contributed by atoms with Gasteiger partial charge in [0, 0.05) is 24.5 Å². The van der Waals surface area contributed by atoms with Gasteiger partial charge >= 0.3 is 5.69 Å². The highest BCUT2D eigenvalue weighted by Gasteiger charge is 2.22. The first kappa shape index (κ1) is 26.0. The number of nitrogens with one attached hydrogen (secondary N) is 1. The number of carbonyl (C=O) groups excluding carboxylic acids is 1. The zero-order valence-electron chi connectivity index (χ0n) is 20.2. The van der Waals surface area contributed by atoms with Gasteiger partial charge in [0.2, 0.25) is 0 Å². The van der Waals surface area contributed by atoms with Crippen LogP contribution in [0.25, 0.3) is 6.08 Å². The largest absolute Gasteiger partial charge is 0.487 e. The highest BCUT2D eigenvalue weighted by atomic mass is 32.1. The van der Waals surface area contributed by atoms with Gasteiger partial charge in [-0.05, 0) is 43.5 Å². The monoisotopic (exact) mass is 497 g/mol. The first-order valence-corrected chi connectivity index (χ1v) is 12.5. The van der Waals surface area contributed by atoms with E-state index in [4.69, 9.17) is 10.5 Å². The summed E-state index contributed by atoms with van der Waals surface area (Å²) in [6.07, 6.45) is 5.22. The topological polar surface area (TPSA) is 123 Å². The number of nitrogens with two attached hydrogens (primary N) is 1. The highest BCUT2D eigenvalue weighted by molar-refractivity contribution is 7.09. The minimum Gasteiger partial charge on any atom is -0.487 e. The highest BCUT2D eigenvalue weighted by Crippen LogP contribution is 2.20. The van der Waals surface area contributed by atoms with Gasteiger partial charge < -0.3 is 15.4 Å². The molecule has 0 fully saturated rings. The number of unbranched alkanes of at least 4 members (excludes halogenated alkanes) is 1. The molecule has 0 saturated heterocycles. The molecule has 0 spiro atoms. The molecule has 1 aromatic carbocycles. The predicted molar refractivity (Wildman–Crippen MR) is 140 cm³/mol. The molecular formula is C25H31N5O4S. The molecule has 186 valence electrons. The van der Waals surface area contributed by atoms with Crippen molar-refractivity contribution in [2.75, 3.05) is 17.2 Å². The second-order valence-electron chi connectivity index (χ2n) is 8.04. The SMILES string of the molecule is CCCCn1c(N)c(N(CCC)C(=O)/C=C/c2cccc(OCc3csc(C)n3)c2)c(=O)[nH]c1=O. The third-order valence-corrected chi connectivity index (χ3v) is 6.08. The fourth-order valence-electron chi connectivity index (χ4n) is 3.53. The molecule has 3 N–H and O–H groups in total. The normalized spacial score (nSPS) is 11.2. The summed E-state index contributed by atoms with van der Waals surface area (Å²) in [5, 5.41) is 2.94. The van der Waals surface area contributed by atoms with E-state index < -0.39 is 17.2 Å². The fraction of sp³-hybridized carbons (Fsp3) is 0.360. The quantitative estimate of drug-likeness (QED) is 0.389. The molecule has 10 heteroatoms. The van der Waals surface area contributed by atoms with Crippen LogP contribution < -0.4 is 26.6 Å². The van der Waals surface area contributed by atoms with Crippen molar-refractivity contribution in [2.45, 2.75) is 53.2 Å². The molecule has 9 nitrogen and oxygen atoms in total. The standard InChI is InChI=1S/C25H31N5O4S/c1-4-6-13-30-23(26)22(24(32)28-25(30)33)29(12-5-2)21(31)11-10-18-8-7-9-20(14-18)34-15-19-16-35-17(3)27-19/h7-11,14,16H,4-6,12-13,15,26H2,1-3H3,(H,28,32,33)/b11-10+. The number of rotatable bonds is 11. The predicted octanol–water partition coefficient (Wildman–Crippen LogP) is 3.72. The van der Waals surface area contributed by atoms with Gasteiger partial charge in [-0.1, -0.05) is 32.4 Å². The number of hydrogen-bond acceptors (Lipinski definition) is 7. The van der Waals surface area contributed by atoms with E-state index in [0.29, 0.717) is 25.3 Å². The molecule has 1 amide bonds. The second-order valence-corrected chi connectivity index (χ2v) is 9.10. The molecule has 0 bridgehead atoms. The van der Waals surface area contributed by atoms with Crippen LogP contribution in [-0.2, 0) is 17.9 Å². The van der Waals surface area contributed by atoms with E-state index in [0.717, 1.165) is 29.1 Å².